The molecular weight excluding hydrogens is 160 g/mol. The van der Waals surface area contributed by atoms with Crippen molar-refractivity contribution in [1.29, 1.82) is 5.26 Å². The quantitative estimate of drug-likeness (QED) is 0.589. The minimum Gasteiger partial charge on any atom is -0.260 e. The molecule has 0 saturated carbocycles. The smallest absolute Gasteiger partial charge is 0.0991 e. The van der Waals surface area contributed by atoms with Gasteiger partial charge in [-0.25, -0.2) is 0 Å². The van der Waals surface area contributed by atoms with Crippen LogP contribution < -0.4 is 0 Å². The molecule has 0 unspecified atom stereocenters. The molecule has 0 amide bonds. The first kappa shape index (κ1) is 8.00. The Hall–Kier alpha value is -1.62. The lowest BCUT2D eigenvalue weighted by molar-refractivity contribution is 0.752. The fraction of sp³-hybridized carbons (Fsp3) is 0.273. The van der Waals surface area contributed by atoms with E-state index in [2.05, 4.69) is 24.9 Å². The van der Waals surface area contributed by atoms with Crippen LogP contribution in [-0.4, -0.2) is 6.21 Å². The van der Waals surface area contributed by atoms with E-state index in [0.29, 0.717) is 5.56 Å². The first-order valence-electron chi connectivity index (χ1n) is 4.23. The van der Waals surface area contributed by atoms with E-state index in [1.54, 1.807) is 6.07 Å². The highest BCUT2D eigenvalue weighted by Crippen LogP contribution is 2.36. The molecule has 0 saturated heterocycles. The van der Waals surface area contributed by atoms with E-state index in [9.17, 15) is 0 Å². The lowest BCUT2D eigenvalue weighted by Gasteiger charge is -2.15. The topological polar surface area (TPSA) is 36.1 Å². The van der Waals surface area contributed by atoms with Crippen LogP contribution in [0.2, 0.25) is 0 Å². The van der Waals surface area contributed by atoms with Gasteiger partial charge in [-0.2, -0.15) is 5.26 Å². The van der Waals surface area contributed by atoms with Crippen LogP contribution in [0.15, 0.2) is 23.2 Å². The molecule has 1 heterocycles. The molecule has 2 nitrogen and oxygen atoms in total. The van der Waals surface area contributed by atoms with Gasteiger partial charge < -0.3 is 0 Å². The van der Waals surface area contributed by atoms with Crippen LogP contribution in [0.3, 0.4) is 0 Å². The summed E-state index contributed by atoms with van der Waals surface area (Å²) >= 11 is 0. The molecule has 0 spiro atoms. The Balaban J connectivity index is 2.62. The summed E-state index contributed by atoms with van der Waals surface area (Å²) in [4.78, 5) is 4.29. The van der Waals surface area contributed by atoms with Crippen molar-refractivity contribution in [3.8, 4) is 6.07 Å². The monoisotopic (exact) mass is 170 g/mol. The second-order valence-corrected chi connectivity index (χ2v) is 3.82. The Morgan fingerprint density at radius 1 is 1.38 bits per heavy atom. The molecule has 13 heavy (non-hydrogen) atoms. The van der Waals surface area contributed by atoms with Crippen molar-refractivity contribution < 1.29 is 0 Å². The third-order valence-corrected chi connectivity index (χ3v) is 2.35. The van der Waals surface area contributed by atoms with E-state index < -0.39 is 0 Å². The lowest BCUT2D eigenvalue weighted by Crippen LogP contribution is -2.14. The third-order valence-electron chi connectivity index (χ3n) is 2.35. The molecule has 0 fully saturated rings. The maximum atomic E-state index is 8.75. The number of fused-ring (bicyclic) bond motifs is 1. The fourth-order valence-electron chi connectivity index (χ4n) is 1.53. The summed E-state index contributed by atoms with van der Waals surface area (Å²) in [6.45, 7) is 4.20. The lowest BCUT2D eigenvalue weighted by atomic mass is 9.86. The van der Waals surface area contributed by atoms with Crippen LogP contribution in [0.25, 0.3) is 0 Å². The molecule has 2 heteroatoms. The number of aliphatic imine (C=N–C) groups is 1. The van der Waals surface area contributed by atoms with Crippen molar-refractivity contribution in [3.63, 3.8) is 0 Å². The van der Waals surface area contributed by atoms with E-state index in [4.69, 9.17) is 5.26 Å². The van der Waals surface area contributed by atoms with Gasteiger partial charge in [-0.3, -0.25) is 4.99 Å². The van der Waals surface area contributed by atoms with Gasteiger partial charge in [-0.1, -0.05) is 13.8 Å². The zero-order valence-electron chi connectivity index (χ0n) is 7.70. The van der Waals surface area contributed by atoms with Gasteiger partial charge in [0, 0.05) is 11.6 Å². The van der Waals surface area contributed by atoms with Gasteiger partial charge in [0.05, 0.1) is 17.3 Å². The zero-order chi connectivity index (χ0) is 9.47. The number of nitriles is 1. The van der Waals surface area contributed by atoms with Crippen molar-refractivity contribution in [2.24, 2.45) is 4.99 Å². The summed E-state index contributed by atoms with van der Waals surface area (Å²) in [6, 6.07) is 7.76. The molecule has 2 rings (SSSR count). The highest BCUT2D eigenvalue weighted by atomic mass is 14.8. The van der Waals surface area contributed by atoms with E-state index in [1.807, 2.05) is 18.3 Å². The molecule has 0 atom stereocenters. The molecular formula is C11H10N2. The van der Waals surface area contributed by atoms with Crippen molar-refractivity contribution in [2.75, 3.05) is 0 Å². The summed E-state index contributed by atoms with van der Waals surface area (Å²) in [6.07, 6.45) is 1.93. The largest absolute Gasteiger partial charge is 0.260 e. The summed E-state index contributed by atoms with van der Waals surface area (Å²) < 4.78 is 0. The predicted octanol–water partition coefficient (Wildman–Crippen LogP) is 2.55. The second kappa shape index (κ2) is 2.43. The maximum Gasteiger partial charge on any atom is 0.0991 e. The molecule has 64 valence electrons. The molecule has 1 aromatic carbocycles. The van der Waals surface area contributed by atoms with Crippen LogP contribution in [0.5, 0.6) is 0 Å². The Morgan fingerprint density at radius 2 is 2.15 bits per heavy atom. The van der Waals surface area contributed by atoms with Crippen LogP contribution >= 0.6 is 0 Å². The number of benzene rings is 1. The molecule has 1 aliphatic heterocycles. The van der Waals surface area contributed by atoms with E-state index in [0.717, 1.165) is 11.3 Å². The Bertz CT molecular complexity index is 422. The van der Waals surface area contributed by atoms with E-state index in [1.165, 1.54) is 0 Å². The standard InChI is InChI=1S/C11H10N2/c1-11(2)7-13-10-4-3-8(6-12)5-9(10)11/h3-5,7H,1-2H3. The van der Waals surface area contributed by atoms with Gasteiger partial charge in [0.15, 0.2) is 0 Å². The van der Waals surface area contributed by atoms with Crippen molar-refractivity contribution >= 4 is 11.9 Å². The average Bonchev–Trinajstić information content (AvgIpc) is 2.42. The molecule has 1 aliphatic rings. The van der Waals surface area contributed by atoms with E-state index in [-0.39, 0.29) is 5.41 Å². The molecule has 0 aliphatic carbocycles. The summed E-state index contributed by atoms with van der Waals surface area (Å²) in [5.74, 6) is 0. The number of nitrogens with zero attached hydrogens (tertiary/aromatic N) is 2. The van der Waals surface area contributed by atoms with Gasteiger partial charge in [-0.15, -0.1) is 0 Å². The van der Waals surface area contributed by atoms with Crippen molar-refractivity contribution in [1.82, 2.24) is 0 Å². The van der Waals surface area contributed by atoms with Gasteiger partial charge in [0.25, 0.3) is 0 Å². The normalized spacial score (nSPS) is 16.7. The molecule has 0 bridgehead atoms. The van der Waals surface area contributed by atoms with Gasteiger partial charge >= 0.3 is 0 Å². The molecule has 1 aromatic rings. The molecule has 0 N–H and O–H groups in total. The number of rotatable bonds is 0. The van der Waals surface area contributed by atoms with E-state index >= 15 is 0 Å². The SMILES string of the molecule is CC1(C)C=Nc2ccc(C#N)cc21. The Kier molecular flexibility index (Phi) is 1.50. The van der Waals surface area contributed by atoms with Gasteiger partial charge in [-0.05, 0) is 23.8 Å². The summed E-state index contributed by atoms with van der Waals surface area (Å²) in [7, 11) is 0. The van der Waals surface area contributed by atoms with Crippen LogP contribution in [-0.2, 0) is 5.41 Å². The van der Waals surface area contributed by atoms with Crippen LogP contribution in [0, 0.1) is 11.3 Å². The van der Waals surface area contributed by atoms with Gasteiger partial charge in [0.1, 0.15) is 0 Å². The first-order valence-corrected chi connectivity index (χ1v) is 4.23. The Morgan fingerprint density at radius 3 is 2.85 bits per heavy atom. The second-order valence-electron chi connectivity index (χ2n) is 3.82. The third kappa shape index (κ3) is 1.13. The minimum absolute atomic E-state index is 0.0256. The van der Waals surface area contributed by atoms with Crippen molar-refractivity contribution in [3.05, 3.63) is 29.3 Å². The Labute approximate surface area is 77.5 Å². The van der Waals surface area contributed by atoms with Crippen LogP contribution in [0.1, 0.15) is 25.0 Å². The highest BCUT2D eigenvalue weighted by molar-refractivity contribution is 5.84. The summed E-state index contributed by atoms with van der Waals surface area (Å²) in [5.41, 5.74) is 2.82. The fourth-order valence-corrected chi connectivity index (χ4v) is 1.53. The number of hydrogen-bond acceptors (Lipinski definition) is 2. The van der Waals surface area contributed by atoms with Crippen molar-refractivity contribution in [2.45, 2.75) is 19.3 Å². The number of hydrogen-bond donors (Lipinski definition) is 0. The van der Waals surface area contributed by atoms with Crippen LogP contribution in [0.4, 0.5) is 5.69 Å². The van der Waals surface area contributed by atoms with Gasteiger partial charge in [0.2, 0.25) is 0 Å². The molecule has 0 aromatic heterocycles. The maximum absolute atomic E-state index is 8.75. The predicted molar refractivity (Wildman–Crippen MR) is 52.3 cm³/mol. The zero-order valence-corrected chi connectivity index (χ0v) is 7.70. The molecule has 0 radical (unpaired) electrons. The first-order chi connectivity index (χ1) is 6.13. The highest BCUT2D eigenvalue weighted by Gasteiger charge is 2.26. The summed E-state index contributed by atoms with van der Waals surface area (Å²) in [5, 5.41) is 8.75. The minimum atomic E-state index is -0.0256. The average molecular weight is 170 g/mol.